The van der Waals surface area contributed by atoms with Crippen LogP contribution in [0.5, 0.6) is 5.75 Å². The fourth-order valence-electron chi connectivity index (χ4n) is 3.44. The molecule has 0 bridgehead atoms. The van der Waals surface area contributed by atoms with Crippen LogP contribution in [-0.2, 0) is 19.0 Å². The van der Waals surface area contributed by atoms with Gasteiger partial charge in [-0.25, -0.2) is 4.79 Å². The lowest BCUT2D eigenvalue weighted by Gasteiger charge is -2.43. The molecule has 0 aromatic heterocycles. The predicted octanol–water partition coefficient (Wildman–Crippen LogP) is 1.81. The Labute approximate surface area is 153 Å². The van der Waals surface area contributed by atoms with Gasteiger partial charge in [-0.1, -0.05) is 6.07 Å². The Hall–Kier alpha value is -2.12. The normalized spacial score (nSPS) is 21.0. The van der Waals surface area contributed by atoms with Crippen molar-refractivity contribution in [1.29, 1.82) is 0 Å². The Balaban J connectivity index is 1.85. The van der Waals surface area contributed by atoms with Crippen LogP contribution in [0.25, 0.3) is 0 Å². The fraction of sp³-hybridized carbons (Fsp3) is 0.579. The van der Waals surface area contributed by atoms with Crippen LogP contribution in [0.4, 0.5) is 0 Å². The van der Waals surface area contributed by atoms with Crippen molar-refractivity contribution in [2.24, 2.45) is 5.41 Å². The molecule has 26 heavy (non-hydrogen) atoms. The summed E-state index contributed by atoms with van der Waals surface area (Å²) in [6.45, 7) is 5.97. The van der Waals surface area contributed by atoms with E-state index in [1.807, 2.05) is 17.9 Å². The van der Waals surface area contributed by atoms with Gasteiger partial charge in [0, 0.05) is 12.7 Å². The fourth-order valence-corrected chi connectivity index (χ4v) is 3.44. The van der Waals surface area contributed by atoms with Gasteiger partial charge >= 0.3 is 5.97 Å². The summed E-state index contributed by atoms with van der Waals surface area (Å²) < 4.78 is 21.4. The first kappa shape index (κ1) is 18.7. The third-order valence-corrected chi connectivity index (χ3v) is 4.92. The number of esters is 1. The second kappa shape index (κ2) is 7.63. The highest BCUT2D eigenvalue weighted by molar-refractivity contribution is 5.90. The van der Waals surface area contributed by atoms with Crippen LogP contribution < -0.4 is 4.74 Å². The Morgan fingerprint density at radius 1 is 1.35 bits per heavy atom. The van der Waals surface area contributed by atoms with Crippen LogP contribution in [-0.4, -0.2) is 63.5 Å². The summed E-state index contributed by atoms with van der Waals surface area (Å²) in [5.41, 5.74) is 0.704. The number of nitrogens with zero attached hydrogens (tertiary/aromatic N) is 1. The second-order valence-electron chi connectivity index (χ2n) is 6.70. The Morgan fingerprint density at radius 2 is 2.12 bits per heavy atom. The van der Waals surface area contributed by atoms with Gasteiger partial charge in [0.15, 0.2) is 0 Å². The minimum Gasteiger partial charge on any atom is -0.491 e. The molecule has 3 rings (SSSR count). The molecule has 2 heterocycles. The van der Waals surface area contributed by atoms with Crippen LogP contribution in [0.1, 0.15) is 35.8 Å². The maximum Gasteiger partial charge on any atom is 0.338 e. The van der Waals surface area contributed by atoms with E-state index in [1.165, 1.54) is 0 Å². The van der Waals surface area contributed by atoms with Crippen molar-refractivity contribution in [1.82, 2.24) is 4.90 Å². The van der Waals surface area contributed by atoms with E-state index in [0.717, 1.165) is 5.56 Å². The molecule has 1 amide bonds. The SMILES string of the molecule is CCOC(=O)c1ccc2c(c1)OCCN(C(=O)C1(COC)COC1)C2C. The molecule has 2 aliphatic rings. The molecule has 142 valence electrons. The van der Waals surface area contributed by atoms with Gasteiger partial charge in [-0.3, -0.25) is 4.79 Å². The van der Waals surface area contributed by atoms with E-state index in [9.17, 15) is 9.59 Å². The monoisotopic (exact) mass is 363 g/mol. The molecule has 1 aromatic rings. The molecular weight excluding hydrogens is 338 g/mol. The highest BCUT2D eigenvalue weighted by atomic mass is 16.5. The van der Waals surface area contributed by atoms with Crippen LogP contribution in [0.2, 0.25) is 0 Å². The van der Waals surface area contributed by atoms with Crippen LogP contribution >= 0.6 is 0 Å². The van der Waals surface area contributed by atoms with Crippen LogP contribution in [0.15, 0.2) is 18.2 Å². The summed E-state index contributed by atoms with van der Waals surface area (Å²) in [7, 11) is 1.59. The summed E-state index contributed by atoms with van der Waals surface area (Å²) in [5, 5.41) is 0. The number of hydrogen-bond donors (Lipinski definition) is 0. The lowest BCUT2D eigenvalue weighted by molar-refractivity contribution is -0.184. The maximum atomic E-state index is 13.2. The van der Waals surface area contributed by atoms with Gasteiger partial charge in [-0.15, -0.1) is 0 Å². The molecule has 7 heteroatoms. The average molecular weight is 363 g/mol. The molecule has 1 aromatic carbocycles. The number of hydrogen-bond acceptors (Lipinski definition) is 6. The number of carbonyl (C=O) groups is 2. The lowest BCUT2D eigenvalue weighted by Crippen LogP contribution is -2.58. The molecule has 0 radical (unpaired) electrons. The van der Waals surface area contributed by atoms with Crippen molar-refractivity contribution in [3.63, 3.8) is 0 Å². The molecular formula is C19H25NO6. The van der Waals surface area contributed by atoms with E-state index in [0.29, 0.717) is 50.9 Å². The summed E-state index contributed by atoms with van der Waals surface area (Å²) in [6, 6.07) is 5.06. The van der Waals surface area contributed by atoms with Crippen LogP contribution in [0.3, 0.4) is 0 Å². The number of ether oxygens (including phenoxy) is 4. The van der Waals surface area contributed by atoms with Crippen molar-refractivity contribution in [2.45, 2.75) is 19.9 Å². The smallest absolute Gasteiger partial charge is 0.338 e. The van der Waals surface area contributed by atoms with Crippen molar-refractivity contribution < 1.29 is 28.5 Å². The molecule has 0 aliphatic carbocycles. The van der Waals surface area contributed by atoms with E-state index >= 15 is 0 Å². The highest BCUT2D eigenvalue weighted by Gasteiger charge is 2.49. The first-order chi connectivity index (χ1) is 12.5. The minimum atomic E-state index is -0.613. The number of amides is 1. The number of rotatable bonds is 5. The van der Waals surface area contributed by atoms with Gasteiger partial charge in [0.1, 0.15) is 17.8 Å². The van der Waals surface area contributed by atoms with Gasteiger partial charge < -0.3 is 23.8 Å². The number of fused-ring (bicyclic) bond motifs is 1. The minimum absolute atomic E-state index is 0.0176. The zero-order chi connectivity index (χ0) is 18.7. The third-order valence-electron chi connectivity index (χ3n) is 4.92. The van der Waals surface area contributed by atoms with Gasteiger partial charge in [0.25, 0.3) is 0 Å². The summed E-state index contributed by atoms with van der Waals surface area (Å²) in [5.74, 6) is 0.252. The molecule has 7 nitrogen and oxygen atoms in total. The Kier molecular flexibility index (Phi) is 5.48. The summed E-state index contributed by atoms with van der Waals surface area (Å²) in [6.07, 6.45) is 0. The molecule has 0 N–H and O–H groups in total. The van der Waals surface area contributed by atoms with E-state index in [-0.39, 0.29) is 17.9 Å². The first-order valence-corrected chi connectivity index (χ1v) is 8.84. The standard InChI is InChI=1S/C19H25NO6/c1-4-25-17(21)14-5-6-15-13(2)20(7-8-26-16(15)9-14)18(22)19(10-23-3)11-24-12-19/h5-6,9,13H,4,7-8,10-12H2,1-3H3. The van der Waals surface area contributed by atoms with E-state index < -0.39 is 5.41 Å². The van der Waals surface area contributed by atoms with E-state index in [1.54, 1.807) is 26.2 Å². The molecule has 1 saturated heterocycles. The summed E-state index contributed by atoms with van der Waals surface area (Å²) in [4.78, 5) is 26.9. The molecule has 1 atom stereocenters. The topological polar surface area (TPSA) is 74.3 Å². The molecule has 0 saturated carbocycles. The van der Waals surface area contributed by atoms with Crippen molar-refractivity contribution in [2.75, 3.05) is 46.7 Å². The number of methoxy groups -OCH3 is 1. The molecule has 0 spiro atoms. The van der Waals surface area contributed by atoms with Crippen molar-refractivity contribution >= 4 is 11.9 Å². The quantitative estimate of drug-likeness (QED) is 0.743. The number of carbonyl (C=O) groups excluding carboxylic acids is 2. The van der Waals surface area contributed by atoms with Gasteiger partial charge in [-0.05, 0) is 26.0 Å². The molecule has 1 unspecified atom stereocenters. The summed E-state index contributed by atoms with van der Waals surface area (Å²) >= 11 is 0. The van der Waals surface area contributed by atoms with Crippen molar-refractivity contribution in [3.05, 3.63) is 29.3 Å². The van der Waals surface area contributed by atoms with E-state index in [4.69, 9.17) is 18.9 Å². The Bertz CT molecular complexity index is 685. The van der Waals surface area contributed by atoms with Gasteiger partial charge in [0.2, 0.25) is 5.91 Å². The number of benzene rings is 1. The van der Waals surface area contributed by atoms with Crippen LogP contribution in [0, 0.1) is 5.41 Å². The zero-order valence-electron chi connectivity index (χ0n) is 15.4. The van der Waals surface area contributed by atoms with Gasteiger partial charge in [-0.2, -0.15) is 0 Å². The van der Waals surface area contributed by atoms with Crippen molar-refractivity contribution in [3.8, 4) is 5.75 Å². The highest BCUT2D eigenvalue weighted by Crippen LogP contribution is 2.37. The largest absolute Gasteiger partial charge is 0.491 e. The Morgan fingerprint density at radius 3 is 2.73 bits per heavy atom. The van der Waals surface area contributed by atoms with Gasteiger partial charge in [0.05, 0.1) is 44.6 Å². The maximum absolute atomic E-state index is 13.2. The average Bonchev–Trinajstić information content (AvgIpc) is 2.76. The molecule has 2 aliphatic heterocycles. The zero-order valence-corrected chi connectivity index (χ0v) is 15.4. The van der Waals surface area contributed by atoms with E-state index in [2.05, 4.69) is 0 Å². The molecule has 1 fully saturated rings. The predicted molar refractivity (Wildman–Crippen MR) is 93.1 cm³/mol. The lowest BCUT2D eigenvalue weighted by atomic mass is 9.84. The first-order valence-electron chi connectivity index (χ1n) is 8.84. The third kappa shape index (κ3) is 3.29. The second-order valence-corrected chi connectivity index (χ2v) is 6.70.